The monoisotopic (exact) mass is 309 g/mol. The van der Waals surface area contributed by atoms with E-state index in [4.69, 9.17) is 10.8 Å². The van der Waals surface area contributed by atoms with E-state index in [1.165, 1.54) is 6.07 Å². The smallest absolute Gasteiger partial charge is 0.396 e. The number of benzene rings is 1. The first-order valence-corrected chi connectivity index (χ1v) is 6.86. The number of nitrogens with two attached hydrogens (primary N) is 1. The van der Waals surface area contributed by atoms with Gasteiger partial charge in [0.15, 0.2) is 0 Å². The summed E-state index contributed by atoms with van der Waals surface area (Å²) in [4.78, 5) is 8.46. The van der Waals surface area contributed by atoms with Crippen molar-refractivity contribution < 1.29 is 18.3 Å². The van der Waals surface area contributed by atoms with Crippen LogP contribution in [-0.2, 0) is 12.6 Å². The Labute approximate surface area is 124 Å². The van der Waals surface area contributed by atoms with Crippen molar-refractivity contribution in [2.75, 3.05) is 12.3 Å². The van der Waals surface area contributed by atoms with Gasteiger partial charge in [-0.3, -0.25) is 4.99 Å². The van der Waals surface area contributed by atoms with Crippen molar-refractivity contribution in [1.29, 1.82) is 0 Å². The SMILES string of the molecule is Nc1nc2cc(C(F)(F)F)ccc2c2c1N=C(CCCO)C2. The zero-order valence-corrected chi connectivity index (χ0v) is 11.6. The van der Waals surface area contributed by atoms with Gasteiger partial charge in [0.2, 0.25) is 0 Å². The summed E-state index contributed by atoms with van der Waals surface area (Å²) in [6.07, 6.45) is -2.65. The summed E-state index contributed by atoms with van der Waals surface area (Å²) in [6, 6.07) is 3.48. The third-order valence-corrected chi connectivity index (χ3v) is 3.69. The Morgan fingerprint density at radius 1 is 1.27 bits per heavy atom. The first-order valence-electron chi connectivity index (χ1n) is 6.86. The van der Waals surface area contributed by atoms with Gasteiger partial charge in [-0.2, -0.15) is 13.2 Å². The molecule has 1 aliphatic heterocycles. The van der Waals surface area contributed by atoms with Crippen molar-refractivity contribution in [3.63, 3.8) is 0 Å². The standard InChI is InChI=1S/C15H14F3N3O/c16-15(17,18)8-3-4-10-11-7-9(2-1-5-22)20-13(11)14(19)21-12(10)6-8/h3-4,6,22H,1-2,5,7H2,(H2,19,21). The summed E-state index contributed by atoms with van der Waals surface area (Å²) in [6.45, 7) is 0.0682. The molecule has 2 aromatic rings. The van der Waals surface area contributed by atoms with Gasteiger partial charge < -0.3 is 10.8 Å². The number of fused-ring (bicyclic) bond motifs is 3. The Kier molecular flexibility index (Phi) is 3.52. The van der Waals surface area contributed by atoms with Crippen LogP contribution in [0.5, 0.6) is 0 Å². The van der Waals surface area contributed by atoms with Gasteiger partial charge in [-0.15, -0.1) is 0 Å². The molecule has 0 spiro atoms. The highest BCUT2D eigenvalue weighted by molar-refractivity contribution is 6.03. The van der Waals surface area contributed by atoms with Gasteiger partial charge in [-0.25, -0.2) is 4.98 Å². The predicted octanol–water partition coefficient (Wildman–Crippen LogP) is 3.24. The number of halogens is 3. The van der Waals surface area contributed by atoms with Gasteiger partial charge in [-0.1, -0.05) is 6.07 Å². The van der Waals surface area contributed by atoms with Crippen LogP contribution in [0.25, 0.3) is 10.9 Å². The molecule has 0 atom stereocenters. The van der Waals surface area contributed by atoms with Crippen LogP contribution in [0.3, 0.4) is 0 Å². The highest BCUT2D eigenvalue weighted by Gasteiger charge is 2.31. The zero-order valence-electron chi connectivity index (χ0n) is 11.6. The molecule has 7 heteroatoms. The highest BCUT2D eigenvalue weighted by Crippen LogP contribution is 2.39. The molecular formula is C15H14F3N3O. The lowest BCUT2D eigenvalue weighted by Crippen LogP contribution is -2.05. The number of nitrogen functional groups attached to an aromatic ring is 1. The molecule has 1 aromatic carbocycles. The van der Waals surface area contributed by atoms with Crippen LogP contribution < -0.4 is 5.73 Å². The molecule has 2 heterocycles. The van der Waals surface area contributed by atoms with Crippen molar-refractivity contribution in [2.24, 2.45) is 4.99 Å². The average Bonchev–Trinajstić information content (AvgIpc) is 2.88. The summed E-state index contributed by atoms with van der Waals surface area (Å²) >= 11 is 0. The van der Waals surface area contributed by atoms with Gasteiger partial charge in [0.1, 0.15) is 11.5 Å². The number of pyridine rings is 1. The highest BCUT2D eigenvalue weighted by atomic mass is 19.4. The Bertz CT molecular complexity index is 769. The summed E-state index contributed by atoms with van der Waals surface area (Å²) in [7, 11) is 0. The maximum absolute atomic E-state index is 12.8. The number of aliphatic hydroxyl groups excluding tert-OH is 1. The molecule has 1 aromatic heterocycles. The van der Waals surface area contributed by atoms with Crippen molar-refractivity contribution in [1.82, 2.24) is 4.98 Å². The van der Waals surface area contributed by atoms with E-state index in [1.807, 2.05) is 0 Å². The molecule has 3 N–H and O–H groups in total. The van der Waals surface area contributed by atoms with E-state index in [9.17, 15) is 13.2 Å². The molecule has 0 saturated carbocycles. The van der Waals surface area contributed by atoms with Crippen LogP contribution in [0.1, 0.15) is 24.0 Å². The van der Waals surface area contributed by atoms with Crippen LogP contribution in [0, 0.1) is 0 Å². The number of aliphatic imine (C=N–C) groups is 1. The number of alkyl halides is 3. The summed E-state index contributed by atoms with van der Waals surface area (Å²) in [5.41, 5.74) is 7.54. The summed E-state index contributed by atoms with van der Waals surface area (Å²) in [5.74, 6) is 0.140. The number of rotatable bonds is 3. The van der Waals surface area contributed by atoms with Crippen molar-refractivity contribution in [2.45, 2.75) is 25.4 Å². The fourth-order valence-corrected chi connectivity index (χ4v) is 2.65. The Balaban J connectivity index is 2.06. The van der Waals surface area contributed by atoms with Crippen LogP contribution in [0.4, 0.5) is 24.7 Å². The number of hydrogen-bond donors (Lipinski definition) is 2. The number of aliphatic hydroxyl groups is 1. The van der Waals surface area contributed by atoms with E-state index in [0.29, 0.717) is 30.3 Å². The molecule has 0 radical (unpaired) electrons. The number of hydrogen-bond acceptors (Lipinski definition) is 4. The van der Waals surface area contributed by atoms with Crippen LogP contribution >= 0.6 is 0 Å². The van der Waals surface area contributed by atoms with Gasteiger partial charge >= 0.3 is 6.18 Å². The van der Waals surface area contributed by atoms with Gasteiger partial charge in [0.25, 0.3) is 0 Å². The quantitative estimate of drug-likeness (QED) is 0.914. The lowest BCUT2D eigenvalue weighted by molar-refractivity contribution is -0.137. The van der Waals surface area contributed by atoms with E-state index in [0.717, 1.165) is 23.4 Å². The topological polar surface area (TPSA) is 71.5 Å². The molecule has 0 amide bonds. The fourth-order valence-electron chi connectivity index (χ4n) is 2.65. The molecular weight excluding hydrogens is 295 g/mol. The van der Waals surface area contributed by atoms with E-state index in [1.54, 1.807) is 0 Å². The first-order chi connectivity index (χ1) is 10.4. The second kappa shape index (κ2) is 5.24. The summed E-state index contributed by atoms with van der Waals surface area (Å²) < 4.78 is 38.4. The minimum absolute atomic E-state index is 0.0682. The van der Waals surface area contributed by atoms with E-state index in [-0.39, 0.29) is 17.9 Å². The van der Waals surface area contributed by atoms with Crippen molar-refractivity contribution in [3.05, 3.63) is 29.3 Å². The molecule has 0 unspecified atom stereocenters. The molecule has 22 heavy (non-hydrogen) atoms. The molecule has 0 aliphatic carbocycles. The summed E-state index contributed by atoms with van der Waals surface area (Å²) in [5, 5.41) is 9.52. The third-order valence-electron chi connectivity index (χ3n) is 3.69. The molecule has 0 saturated heterocycles. The van der Waals surface area contributed by atoms with Crippen molar-refractivity contribution in [3.8, 4) is 0 Å². The van der Waals surface area contributed by atoms with Crippen LogP contribution in [-0.4, -0.2) is 22.4 Å². The maximum Gasteiger partial charge on any atom is 0.416 e. The Morgan fingerprint density at radius 3 is 2.73 bits per heavy atom. The molecule has 3 rings (SSSR count). The number of nitrogens with zero attached hydrogens (tertiary/aromatic N) is 2. The minimum Gasteiger partial charge on any atom is -0.396 e. The van der Waals surface area contributed by atoms with Gasteiger partial charge in [0.05, 0.1) is 11.1 Å². The van der Waals surface area contributed by atoms with Gasteiger partial charge in [-0.05, 0) is 30.5 Å². The molecule has 0 fully saturated rings. The average molecular weight is 309 g/mol. The Morgan fingerprint density at radius 2 is 2.05 bits per heavy atom. The Hall–Kier alpha value is -2.15. The maximum atomic E-state index is 12.8. The number of aromatic nitrogens is 1. The lowest BCUT2D eigenvalue weighted by Gasteiger charge is -2.10. The number of anilines is 1. The van der Waals surface area contributed by atoms with Crippen molar-refractivity contribution >= 4 is 28.1 Å². The molecule has 4 nitrogen and oxygen atoms in total. The first kappa shape index (κ1) is 14.8. The lowest BCUT2D eigenvalue weighted by atomic mass is 10.0. The van der Waals surface area contributed by atoms with Crippen LogP contribution in [0.2, 0.25) is 0 Å². The fraction of sp³-hybridized carbons (Fsp3) is 0.333. The second-order valence-corrected chi connectivity index (χ2v) is 5.24. The molecule has 116 valence electrons. The molecule has 1 aliphatic rings. The predicted molar refractivity (Wildman–Crippen MR) is 78.3 cm³/mol. The second-order valence-electron chi connectivity index (χ2n) is 5.24. The van der Waals surface area contributed by atoms with E-state index in [2.05, 4.69) is 9.98 Å². The molecule has 0 bridgehead atoms. The zero-order chi connectivity index (χ0) is 15.9. The third kappa shape index (κ3) is 2.52. The largest absolute Gasteiger partial charge is 0.416 e. The normalized spacial score (nSPS) is 14.3. The van der Waals surface area contributed by atoms with Crippen LogP contribution in [0.15, 0.2) is 23.2 Å². The van der Waals surface area contributed by atoms with E-state index < -0.39 is 11.7 Å². The minimum atomic E-state index is -4.41. The van der Waals surface area contributed by atoms with Gasteiger partial charge in [0, 0.05) is 24.1 Å². The van der Waals surface area contributed by atoms with E-state index >= 15 is 0 Å².